The van der Waals surface area contributed by atoms with Gasteiger partial charge in [-0.15, -0.1) is 0 Å². The first-order chi connectivity index (χ1) is 14.0. The van der Waals surface area contributed by atoms with E-state index in [-0.39, 0.29) is 11.7 Å². The average Bonchev–Trinajstić information content (AvgIpc) is 2.70. The van der Waals surface area contributed by atoms with Crippen LogP contribution < -0.4 is 5.32 Å². The van der Waals surface area contributed by atoms with E-state index < -0.39 is 0 Å². The molecule has 1 amide bonds. The number of benzene rings is 2. The molecule has 2 aromatic carbocycles. The summed E-state index contributed by atoms with van der Waals surface area (Å²) in [5.41, 5.74) is 4.43. The van der Waals surface area contributed by atoms with Gasteiger partial charge in [-0.1, -0.05) is 35.9 Å². The van der Waals surface area contributed by atoms with Crippen molar-refractivity contribution in [3.8, 4) is 17.0 Å². The number of amides is 1. The maximum absolute atomic E-state index is 12.4. The molecule has 3 aromatic rings. The van der Waals surface area contributed by atoms with Gasteiger partial charge in [0.15, 0.2) is 5.82 Å². The predicted octanol–water partition coefficient (Wildman–Crippen LogP) is 5.23. The SMILES string of the molecule is CC(C)=Cc1nc(-c2ccc(O)cc2)cnc1NC(=O)CCCc1ccccc1. The van der Waals surface area contributed by atoms with Crippen molar-refractivity contribution < 1.29 is 9.90 Å². The number of rotatable bonds is 7. The Balaban J connectivity index is 1.71. The van der Waals surface area contributed by atoms with Crippen LogP contribution in [0.3, 0.4) is 0 Å². The number of nitrogens with zero attached hydrogens (tertiary/aromatic N) is 2. The summed E-state index contributed by atoms with van der Waals surface area (Å²) in [5.74, 6) is 0.583. The van der Waals surface area contributed by atoms with Crippen molar-refractivity contribution in [1.29, 1.82) is 0 Å². The number of aromatic hydroxyl groups is 1. The normalized spacial score (nSPS) is 10.4. The summed E-state index contributed by atoms with van der Waals surface area (Å²) in [6, 6.07) is 16.9. The molecule has 3 rings (SSSR count). The molecule has 1 aromatic heterocycles. The van der Waals surface area contributed by atoms with Gasteiger partial charge in [-0.05, 0) is 62.6 Å². The van der Waals surface area contributed by atoms with E-state index in [9.17, 15) is 9.90 Å². The Morgan fingerprint density at radius 1 is 1.07 bits per heavy atom. The summed E-state index contributed by atoms with van der Waals surface area (Å²) in [6.45, 7) is 3.95. The Bertz CT molecular complexity index is 992. The van der Waals surface area contributed by atoms with Crippen LogP contribution in [0.4, 0.5) is 5.82 Å². The number of phenolic OH excluding ortho intramolecular Hbond substituents is 1. The molecule has 0 bridgehead atoms. The van der Waals surface area contributed by atoms with Crippen LogP contribution in [0.15, 0.2) is 66.4 Å². The van der Waals surface area contributed by atoms with Crippen LogP contribution in [0.1, 0.15) is 37.9 Å². The zero-order chi connectivity index (χ0) is 20.6. The van der Waals surface area contributed by atoms with Crippen molar-refractivity contribution in [1.82, 2.24) is 9.97 Å². The smallest absolute Gasteiger partial charge is 0.225 e. The van der Waals surface area contributed by atoms with E-state index >= 15 is 0 Å². The van der Waals surface area contributed by atoms with Gasteiger partial charge in [-0.25, -0.2) is 9.97 Å². The second-order valence-corrected chi connectivity index (χ2v) is 7.14. The Hall–Kier alpha value is -3.47. The lowest BCUT2D eigenvalue weighted by molar-refractivity contribution is -0.116. The van der Waals surface area contributed by atoms with Gasteiger partial charge >= 0.3 is 0 Å². The zero-order valence-electron chi connectivity index (χ0n) is 16.7. The minimum Gasteiger partial charge on any atom is -0.508 e. The van der Waals surface area contributed by atoms with Crippen molar-refractivity contribution in [3.63, 3.8) is 0 Å². The molecule has 0 unspecified atom stereocenters. The molecule has 0 saturated carbocycles. The lowest BCUT2D eigenvalue weighted by Crippen LogP contribution is -2.14. The number of hydrogen-bond acceptors (Lipinski definition) is 4. The van der Waals surface area contributed by atoms with Crippen LogP contribution in [-0.4, -0.2) is 21.0 Å². The number of carbonyl (C=O) groups excluding carboxylic acids is 1. The molecule has 0 saturated heterocycles. The number of allylic oxidation sites excluding steroid dienone is 1. The van der Waals surface area contributed by atoms with Crippen molar-refractivity contribution in [2.75, 3.05) is 5.32 Å². The van der Waals surface area contributed by atoms with E-state index in [1.807, 2.05) is 38.1 Å². The monoisotopic (exact) mass is 387 g/mol. The van der Waals surface area contributed by atoms with E-state index in [4.69, 9.17) is 0 Å². The first kappa shape index (κ1) is 20.3. The zero-order valence-corrected chi connectivity index (χ0v) is 16.7. The maximum atomic E-state index is 12.4. The number of hydrogen-bond donors (Lipinski definition) is 2. The van der Waals surface area contributed by atoms with Gasteiger partial charge in [0.1, 0.15) is 11.4 Å². The molecule has 148 valence electrons. The van der Waals surface area contributed by atoms with Crippen LogP contribution in [0, 0.1) is 0 Å². The van der Waals surface area contributed by atoms with Crippen LogP contribution in [-0.2, 0) is 11.2 Å². The Morgan fingerprint density at radius 2 is 1.79 bits per heavy atom. The number of phenols is 1. The molecule has 0 aliphatic rings. The third-order valence-electron chi connectivity index (χ3n) is 4.36. The summed E-state index contributed by atoms with van der Waals surface area (Å²) in [5, 5.41) is 12.4. The molecule has 2 N–H and O–H groups in total. The second kappa shape index (κ2) is 9.64. The highest BCUT2D eigenvalue weighted by atomic mass is 16.3. The fourth-order valence-electron chi connectivity index (χ4n) is 2.94. The van der Waals surface area contributed by atoms with Crippen LogP contribution in [0.25, 0.3) is 17.3 Å². The molecule has 0 radical (unpaired) electrons. The Labute approximate surface area is 171 Å². The molecule has 5 heteroatoms. The quantitative estimate of drug-likeness (QED) is 0.582. The van der Waals surface area contributed by atoms with Crippen LogP contribution in [0.5, 0.6) is 5.75 Å². The van der Waals surface area contributed by atoms with Gasteiger partial charge in [-0.2, -0.15) is 0 Å². The van der Waals surface area contributed by atoms with Gasteiger partial charge in [0.05, 0.1) is 11.9 Å². The van der Waals surface area contributed by atoms with E-state index in [1.54, 1.807) is 30.5 Å². The highest BCUT2D eigenvalue weighted by Gasteiger charge is 2.11. The third-order valence-corrected chi connectivity index (χ3v) is 4.36. The number of aryl methyl sites for hydroxylation is 1. The van der Waals surface area contributed by atoms with Crippen molar-refractivity contribution in [2.45, 2.75) is 33.1 Å². The summed E-state index contributed by atoms with van der Waals surface area (Å²) in [4.78, 5) is 21.5. The largest absolute Gasteiger partial charge is 0.508 e. The van der Waals surface area contributed by atoms with Crippen molar-refractivity contribution in [2.24, 2.45) is 0 Å². The van der Waals surface area contributed by atoms with Crippen LogP contribution >= 0.6 is 0 Å². The lowest BCUT2D eigenvalue weighted by atomic mass is 10.1. The summed E-state index contributed by atoms with van der Waals surface area (Å²) in [6.07, 6.45) is 5.59. The van der Waals surface area contributed by atoms with E-state index in [0.29, 0.717) is 23.6 Å². The molecule has 0 atom stereocenters. The fourth-order valence-corrected chi connectivity index (χ4v) is 2.94. The highest BCUT2D eigenvalue weighted by Crippen LogP contribution is 2.23. The van der Waals surface area contributed by atoms with Gasteiger partial charge in [-0.3, -0.25) is 4.79 Å². The minimum atomic E-state index is -0.0731. The first-order valence-corrected chi connectivity index (χ1v) is 9.66. The second-order valence-electron chi connectivity index (χ2n) is 7.14. The predicted molar refractivity (Wildman–Crippen MR) is 116 cm³/mol. The molecular formula is C24H25N3O2. The minimum absolute atomic E-state index is 0.0731. The summed E-state index contributed by atoms with van der Waals surface area (Å²) in [7, 11) is 0. The van der Waals surface area contributed by atoms with Gasteiger partial charge < -0.3 is 10.4 Å². The third kappa shape index (κ3) is 6.01. The summed E-state index contributed by atoms with van der Waals surface area (Å²) >= 11 is 0. The molecule has 0 aliphatic heterocycles. The van der Waals surface area contributed by atoms with Crippen LogP contribution in [0.2, 0.25) is 0 Å². The summed E-state index contributed by atoms with van der Waals surface area (Å²) < 4.78 is 0. The van der Waals surface area contributed by atoms with Gasteiger partial charge in [0.2, 0.25) is 5.91 Å². The molecule has 5 nitrogen and oxygen atoms in total. The van der Waals surface area contributed by atoms with Gasteiger partial charge in [0.25, 0.3) is 0 Å². The average molecular weight is 387 g/mol. The van der Waals surface area contributed by atoms with Crippen molar-refractivity contribution in [3.05, 3.63) is 77.6 Å². The number of carbonyl (C=O) groups is 1. The van der Waals surface area contributed by atoms with E-state index in [0.717, 1.165) is 24.0 Å². The Morgan fingerprint density at radius 3 is 2.48 bits per heavy atom. The van der Waals surface area contributed by atoms with Crippen molar-refractivity contribution >= 4 is 17.8 Å². The molecular weight excluding hydrogens is 362 g/mol. The van der Waals surface area contributed by atoms with E-state index in [1.165, 1.54) is 5.56 Å². The molecule has 0 fully saturated rings. The number of anilines is 1. The first-order valence-electron chi connectivity index (χ1n) is 9.66. The molecule has 1 heterocycles. The highest BCUT2D eigenvalue weighted by molar-refractivity contribution is 5.91. The molecule has 0 spiro atoms. The topological polar surface area (TPSA) is 75.1 Å². The fraction of sp³-hybridized carbons (Fsp3) is 0.208. The maximum Gasteiger partial charge on any atom is 0.225 e. The van der Waals surface area contributed by atoms with Gasteiger partial charge in [0, 0.05) is 12.0 Å². The molecule has 0 aliphatic carbocycles. The Kier molecular flexibility index (Phi) is 6.74. The number of aromatic nitrogens is 2. The molecule has 29 heavy (non-hydrogen) atoms. The standard InChI is InChI=1S/C24H25N3O2/c1-17(2)15-21-24(25-16-22(26-21)19-11-13-20(28)14-12-19)27-23(29)10-6-9-18-7-4-3-5-8-18/h3-5,7-8,11-16,28H,6,9-10H2,1-2H3,(H,25,27,29). The van der Waals surface area contributed by atoms with E-state index in [2.05, 4.69) is 27.4 Å². The number of nitrogens with one attached hydrogen (secondary N) is 1. The lowest BCUT2D eigenvalue weighted by Gasteiger charge is -2.10.